The molecule has 0 aliphatic rings. The molecular weight excluding hydrogens is 280 g/mol. The van der Waals surface area contributed by atoms with Crippen LogP contribution in [-0.4, -0.2) is 28.8 Å². The van der Waals surface area contributed by atoms with Crippen LogP contribution in [0.1, 0.15) is 12.8 Å². The number of esters is 1. The van der Waals surface area contributed by atoms with E-state index in [1.165, 1.54) is 13.4 Å². The standard InChI is InChI=1S/C9H11BrN2O2S/c1-14-8(13)3-2-4-15-9-7(10)5-11-6-12-9/h5-6H,2-4H2,1H3. The highest BCUT2D eigenvalue weighted by atomic mass is 79.9. The molecule has 0 aliphatic heterocycles. The van der Waals surface area contributed by atoms with Crippen LogP contribution in [-0.2, 0) is 9.53 Å². The molecule has 1 rings (SSSR count). The SMILES string of the molecule is COC(=O)CCCSc1ncncc1Br. The summed E-state index contributed by atoms with van der Waals surface area (Å²) in [6.45, 7) is 0. The molecule has 0 aromatic carbocycles. The van der Waals surface area contributed by atoms with Gasteiger partial charge in [0, 0.05) is 18.4 Å². The topological polar surface area (TPSA) is 52.1 Å². The van der Waals surface area contributed by atoms with Gasteiger partial charge in [0.15, 0.2) is 0 Å². The lowest BCUT2D eigenvalue weighted by Crippen LogP contribution is -2.00. The number of carbonyl (C=O) groups is 1. The lowest BCUT2D eigenvalue weighted by atomic mass is 10.3. The number of hydrogen-bond acceptors (Lipinski definition) is 5. The molecule has 1 aromatic heterocycles. The number of rotatable bonds is 5. The molecule has 0 spiro atoms. The molecule has 4 nitrogen and oxygen atoms in total. The molecular formula is C9H11BrN2O2S. The normalized spacial score (nSPS) is 10.0. The number of ether oxygens (including phenoxy) is 1. The monoisotopic (exact) mass is 290 g/mol. The first kappa shape index (κ1) is 12.4. The van der Waals surface area contributed by atoms with Crippen LogP contribution in [0, 0.1) is 0 Å². The van der Waals surface area contributed by atoms with E-state index in [1.54, 1.807) is 18.0 Å². The van der Waals surface area contributed by atoms with E-state index in [1.807, 2.05) is 0 Å². The van der Waals surface area contributed by atoms with Crippen molar-refractivity contribution in [3.8, 4) is 0 Å². The van der Waals surface area contributed by atoms with Gasteiger partial charge in [-0.15, -0.1) is 11.8 Å². The molecule has 1 heterocycles. The van der Waals surface area contributed by atoms with Crippen molar-refractivity contribution in [2.24, 2.45) is 0 Å². The van der Waals surface area contributed by atoms with Gasteiger partial charge in [-0.1, -0.05) is 0 Å². The first-order chi connectivity index (χ1) is 7.24. The summed E-state index contributed by atoms with van der Waals surface area (Å²) >= 11 is 4.95. The second-order valence-electron chi connectivity index (χ2n) is 2.70. The first-order valence-electron chi connectivity index (χ1n) is 4.39. The molecule has 0 atom stereocenters. The summed E-state index contributed by atoms with van der Waals surface area (Å²) in [4.78, 5) is 18.8. The first-order valence-corrected chi connectivity index (χ1v) is 6.17. The summed E-state index contributed by atoms with van der Waals surface area (Å²) in [5.41, 5.74) is 0. The van der Waals surface area contributed by atoms with Gasteiger partial charge in [-0.05, 0) is 22.4 Å². The van der Waals surface area contributed by atoms with E-state index in [4.69, 9.17) is 0 Å². The van der Waals surface area contributed by atoms with Crippen molar-refractivity contribution in [1.82, 2.24) is 9.97 Å². The largest absolute Gasteiger partial charge is 0.469 e. The van der Waals surface area contributed by atoms with Crippen molar-refractivity contribution >= 4 is 33.7 Å². The molecule has 0 fully saturated rings. The van der Waals surface area contributed by atoms with E-state index in [2.05, 4.69) is 30.6 Å². The van der Waals surface area contributed by atoms with Gasteiger partial charge in [0.2, 0.25) is 0 Å². The molecule has 0 saturated heterocycles. The number of methoxy groups -OCH3 is 1. The van der Waals surface area contributed by atoms with Crippen LogP contribution >= 0.6 is 27.7 Å². The Morgan fingerprint density at radius 3 is 3.13 bits per heavy atom. The van der Waals surface area contributed by atoms with Gasteiger partial charge in [0.1, 0.15) is 11.4 Å². The van der Waals surface area contributed by atoms with Gasteiger partial charge < -0.3 is 4.74 Å². The number of hydrogen-bond donors (Lipinski definition) is 0. The smallest absolute Gasteiger partial charge is 0.305 e. The summed E-state index contributed by atoms with van der Waals surface area (Å²) in [7, 11) is 1.40. The van der Waals surface area contributed by atoms with Gasteiger partial charge in [-0.3, -0.25) is 4.79 Å². The molecule has 0 amide bonds. The average Bonchev–Trinajstić information content (AvgIpc) is 2.26. The van der Waals surface area contributed by atoms with Crippen LogP contribution in [0.4, 0.5) is 0 Å². The zero-order chi connectivity index (χ0) is 11.1. The van der Waals surface area contributed by atoms with E-state index in [-0.39, 0.29) is 5.97 Å². The van der Waals surface area contributed by atoms with Crippen LogP contribution in [0.5, 0.6) is 0 Å². The molecule has 82 valence electrons. The maximum Gasteiger partial charge on any atom is 0.305 e. The quantitative estimate of drug-likeness (QED) is 0.360. The van der Waals surface area contributed by atoms with Gasteiger partial charge in [-0.2, -0.15) is 0 Å². The average molecular weight is 291 g/mol. The minimum absolute atomic E-state index is 0.169. The van der Waals surface area contributed by atoms with E-state index in [0.29, 0.717) is 6.42 Å². The Morgan fingerprint density at radius 1 is 1.67 bits per heavy atom. The third-order valence-electron chi connectivity index (χ3n) is 1.63. The maximum atomic E-state index is 10.8. The fourth-order valence-electron chi connectivity index (χ4n) is 0.895. The number of halogens is 1. The maximum absolute atomic E-state index is 10.8. The molecule has 0 saturated carbocycles. The van der Waals surface area contributed by atoms with Gasteiger partial charge in [0.05, 0.1) is 11.6 Å². The molecule has 0 unspecified atom stereocenters. The Labute approximate surface area is 101 Å². The van der Waals surface area contributed by atoms with Crippen LogP contribution in [0.15, 0.2) is 22.0 Å². The third-order valence-corrected chi connectivity index (χ3v) is 3.56. The second-order valence-corrected chi connectivity index (χ2v) is 4.64. The lowest BCUT2D eigenvalue weighted by molar-refractivity contribution is -0.140. The van der Waals surface area contributed by atoms with Crippen molar-refractivity contribution in [2.45, 2.75) is 17.9 Å². The molecule has 0 aliphatic carbocycles. The lowest BCUT2D eigenvalue weighted by Gasteiger charge is -2.01. The van der Waals surface area contributed by atoms with Crippen molar-refractivity contribution in [2.75, 3.05) is 12.9 Å². The number of thioether (sulfide) groups is 1. The van der Waals surface area contributed by atoms with Gasteiger partial charge in [0.25, 0.3) is 0 Å². The zero-order valence-electron chi connectivity index (χ0n) is 8.27. The second kappa shape index (κ2) is 6.79. The number of carbonyl (C=O) groups excluding carboxylic acids is 1. The Hall–Kier alpha value is -0.620. The van der Waals surface area contributed by atoms with Crippen LogP contribution in [0.3, 0.4) is 0 Å². The minimum atomic E-state index is -0.169. The van der Waals surface area contributed by atoms with Gasteiger partial charge in [-0.25, -0.2) is 9.97 Å². The van der Waals surface area contributed by atoms with Crippen molar-refractivity contribution in [3.05, 3.63) is 17.0 Å². The Balaban J connectivity index is 2.26. The fourth-order valence-corrected chi connectivity index (χ4v) is 2.25. The predicted octanol–water partition coefficient (Wildman–Crippen LogP) is 2.28. The van der Waals surface area contributed by atoms with Crippen LogP contribution < -0.4 is 0 Å². The van der Waals surface area contributed by atoms with Crippen molar-refractivity contribution in [3.63, 3.8) is 0 Å². The molecule has 0 bridgehead atoms. The zero-order valence-corrected chi connectivity index (χ0v) is 10.7. The van der Waals surface area contributed by atoms with E-state index >= 15 is 0 Å². The fraction of sp³-hybridized carbons (Fsp3) is 0.444. The summed E-state index contributed by atoms with van der Waals surface area (Å²) in [6, 6.07) is 0. The molecule has 1 aromatic rings. The summed E-state index contributed by atoms with van der Waals surface area (Å²) < 4.78 is 5.43. The predicted molar refractivity (Wildman–Crippen MR) is 61.7 cm³/mol. The molecule has 15 heavy (non-hydrogen) atoms. The third kappa shape index (κ3) is 4.61. The number of nitrogens with zero attached hydrogens (tertiary/aromatic N) is 2. The highest BCUT2D eigenvalue weighted by molar-refractivity contribution is 9.10. The minimum Gasteiger partial charge on any atom is -0.469 e. The van der Waals surface area contributed by atoms with Crippen molar-refractivity contribution < 1.29 is 9.53 Å². The van der Waals surface area contributed by atoms with Gasteiger partial charge >= 0.3 is 5.97 Å². The van der Waals surface area contributed by atoms with E-state index < -0.39 is 0 Å². The molecule has 6 heteroatoms. The molecule has 0 N–H and O–H groups in total. The van der Waals surface area contributed by atoms with Crippen molar-refractivity contribution in [1.29, 1.82) is 0 Å². The summed E-state index contributed by atoms with van der Waals surface area (Å²) in [5, 5.41) is 0.898. The Kier molecular flexibility index (Phi) is 5.63. The summed E-state index contributed by atoms with van der Waals surface area (Å²) in [6.07, 6.45) is 4.45. The van der Waals surface area contributed by atoms with Crippen LogP contribution in [0.25, 0.3) is 0 Å². The van der Waals surface area contributed by atoms with E-state index in [0.717, 1.165) is 21.7 Å². The summed E-state index contributed by atoms with van der Waals surface area (Å²) in [5.74, 6) is 0.669. The Morgan fingerprint density at radius 2 is 2.47 bits per heavy atom. The van der Waals surface area contributed by atoms with E-state index in [9.17, 15) is 4.79 Å². The van der Waals surface area contributed by atoms with Crippen LogP contribution in [0.2, 0.25) is 0 Å². The highest BCUT2D eigenvalue weighted by Crippen LogP contribution is 2.24. The molecule has 0 radical (unpaired) electrons. The number of aromatic nitrogens is 2. The Bertz CT molecular complexity index is 336. The highest BCUT2D eigenvalue weighted by Gasteiger charge is 2.03.